The number of fused-ring (bicyclic) bond motifs is 1. The minimum atomic E-state index is -0.120. The Morgan fingerprint density at radius 3 is 2.59 bits per heavy atom. The highest BCUT2D eigenvalue weighted by atomic mass is 16.2. The highest BCUT2D eigenvalue weighted by molar-refractivity contribution is 5.96. The van der Waals surface area contributed by atoms with Crippen molar-refractivity contribution in [2.45, 2.75) is 51.1 Å². The molecular formula is C17H23N3O2. The monoisotopic (exact) mass is 301 g/mol. The summed E-state index contributed by atoms with van der Waals surface area (Å²) in [5, 5.41) is 9.16. The Bertz CT molecular complexity index is 559. The number of amides is 2. The summed E-state index contributed by atoms with van der Waals surface area (Å²) in [5.74, 6) is 0.551. The predicted octanol–water partition coefficient (Wildman–Crippen LogP) is 2.50. The lowest BCUT2D eigenvalue weighted by atomic mass is 9.85. The van der Waals surface area contributed by atoms with Gasteiger partial charge < -0.3 is 16.0 Å². The summed E-state index contributed by atoms with van der Waals surface area (Å²) in [6, 6.07) is 7.65. The number of carbonyl (C=O) groups excluding carboxylic acids is 2. The summed E-state index contributed by atoms with van der Waals surface area (Å²) >= 11 is 0. The summed E-state index contributed by atoms with van der Waals surface area (Å²) in [6.07, 6.45) is 5.91. The van der Waals surface area contributed by atoms with Gasteiger partial charge >= 0.3 is 0 Å². The van der Waals surface area contributed by atoms with Crippen LogP contribution in [0.25, 0.3) is 0 Å². The molecule has 0 aromatic heterocycles. The number of hydrogen-bond donors (Lipinski definition) is 3. The first-order chi connectivity index (χ1) is 10.6. The Morgan fingerprint density at radius 1 is 1.14 bits per heavy atom. The SMILES string of the molecule is CC(=O)Nc1cccc(NC(=O)C2CC3CCCCC3N2)c1. The van der Waals surface area contributed by atoms with E-state index in [0.717, 1.165) is 6.42 Å². The summed E-state index contributed by atoms with van der Waals surface area (Å²) in [4.78, 5) is 23.5. The molecule has 1 saturated heterocycles. The van der Waals surface area contributed by atoms with E-state index in [1.807, 2.05) is 12.1 Å². The smallest absolute Gasteiger partial charge is 0.241 e. The third kappa shape index (κ3) is 3.47. The Morgan fingerprint density at radius 2 is 1.86 bits per heavy atom. The van der Waals surface area contributed by atoms with Crippen LogP contribution in [-0.4, -0.2) is 23.9 Å². The molecular weight excluding hydrogens is 278 g/mol. The van der Waals surface area contributed by atoms with Gasteiger partial charge in [0.15, 0.2) is 0 Å². The molecule has 118 valence electrons. The van der Waals surface area contributed by atoms with Crippen LogP contribution in [0, 0.1) is 5.92 Å². The molecule has 3 N–H and O–H groups in total. The molecule has 1 heterocycles. The maximum atomic E-state index is 12.4. The molecule has 1 aromatic carbocycles. The minimum absolute atomic E-state index is 0.0226. The van der Waals surface area contributed by atoms with Crippen molar-refractivity contribution in [3.63, 3.8) is 0 Å². The van der Waals surface area contributed by atoms with Crippen molar-refractivity contribution in [2.24, 2.45) is 5.92 Å². The van der Waals surface area contributed by atoms with Crippen LogP contribution in [0.15, 0.2) is 24.3 Å². The molecule has 3 rings (SSSR count). The van der Waals surface area contributed by atoms with E-state index in [2.05, 4.69) is 16.0 Å². The maximum Gasteiger partial charge on any atom is 0.241 e. The van der Waals surface area contributed by atoms with Crippen LogP contribution in [0.2, 0.25) is 0 Å². The van der Waals surface area contributed by atoms with Crippen LogP contribution in [0.5, 0.6) is 0 Å². The van der Waals surface area contributed by atoms with Gasteiger partial charge in [-0.15, -0.1) is 0 Å². The molecule has 3 unspecified atom stereocenters. The normalized spacial score (nSPS) is 27.0. The van der Waals surface area contributed by atoms with Gasteiger partial charge in [0.25, 0.3) is 0 Å². The van der Waals surface area contributed by atoms with Crippen LogP contribution in [0.3, 0.4) is 0 Å². The fourth-order valence-corrected chi connectivity index (χ4v) is 3.63. The van der Waals surface area contributed by atoms with Gasteiger partial charge in [-0.05, 0) is 43.4 Å². The molecule has 1 aliphatic heterocycles. The fraction of sp³-hybridized carbons (Fsp3) is 0.529. The van der Waals surface area contributed by atoms with Crippen LogP contribution in [0.4, 0.5) is 11.4 Å². The molecule has 0 bridgehead atoms. The molecule has 2 amide bonds. The zero-order chi connectivity index (χ0) is 15.5. The predicted molar refractivity (Wildman–Crippen MR) is 86.7 cm³/mol. The lowest BCUT2D eigenvalue weighted by Gasteiger charge is -2.24. The zero-order valence-electron chi connectivity index (χ0n) is 12.9. The molecule has 0 radical (unpaired) electrons. The minimum Gasteiger partial charge on any atom is -0.326 e. The zero-order valence-corrected chi connectivity index (χ0v) is 12.9. The Kier molecular flexibility index (Phi) is 4.43. The first kappa shape index (κ1) is 15.0. The molecule has 22 heavy (non-hydrogen) atoms. The molecule has 1 aromatic rings. The molecule has 5 nitrogen and oxygen atoms in total. The van der Waals surface area contributed by atoms with E-state index in [4.69, 9.17) is 0 Å². The van der Waals surface area contributed by atoms with E-state index >= 15 is 0 Å². The number of hydrogen-bond acceptors (Lipinski definition) is 3. The lowest BCUT2D eigenvalue weighted by molar-refractivity contribution is -0.118. The summed E-state index contributed by atoms with van der Waals surface area (Å²) < 4.78 is 0. The number of rotatable bonds is 3. The topological polar surface area (TPSA) is 70.2 Å². The molecule has 2 fully saturated rings. The van der Waals surface area contributed by atoms with Gasteiger partial charge in [-0.1, -0.05) is 18.9 Å². The van der Waals surface area contributed by atoms with Crippen LogP contribution >= 0.6 is 0 Å². The van der Waals surface area contributed by atoms with Gasteiger partial charge in [-0.2, -0.15) is 0 Å². The summed E-state index contributed by atoms with van der Waals surface area (Å²) in [7, 11) is 0. The highest BCUT2D eigenvalue weighted by Crippen LogP contribution is 2.33. The number of nitrogens with one attached hydrogen (secondary N) is 3. The van der Waals surface area contributed by atoms with Crippen molar-refractivity contribution in [2.75, 3.05) is 10.6 Å². The molecule has 1 saturated carbocycles. The van der Waals surface area contributed by atoms with Crippen LogP contribution in [-0.2, 0) is 9.59 Å². The van der Waals surface area contributed by atoms with E-state index in [1.54, 1.807) is 12.1 Å². The molecule has 1 aliphatic carbocycles. The van der Waals surface area contributed by atoms with E-state index in [-0.39, 0.29) is 17.9 Å². The van der Waals surface area contributed by atoms with Crippen molar-refractivity contribution in [1.29, 1.82) is 0 Å². The molecule has 5 heteroatoms. The van der Waals surface area contributed by atoms with Gasteiger partial charge in [0.05, 0.1) is 6.04 Å². The van der Waals surface area contributed by atoms with Crippen molar-refractivity contribution in [3.8, 4) is 0 Å². The van der Waals surface area contributed by atoms with Gasteiger partial charge in [-0.25, -0.2) is 0 Å². The quantitative estimate of drug-likeness (QED) is 0.803. The van der Waals surface area contributed by atoms with Crippen LogP contribution < -0.4 is 16.0 Å². The molecule has 0 spiro atoms. The van der Waals surface area contributed by atoms with Crippen molar-refractivity contribution in [3.05, 3.63) is 24.3 Å². The Balaban J connectivity index is 1.61. The van der Waals surface area contributed by atoms with Crippen molar-refractivity contribution >= 4 is 23.2 Å². The first-order valence-corrected chi connectivity index (χ1v) is 8.06. The second-order valence-corrected chi connectivity index (χ2v) is 6.36. The standard InChI is InChI=1S/C17H23N3O2/c1-11(21)18-13-6-4-7-14(10-13)19-17(22)16-9-12-5-2-3-8-15(12)20-16/h4,6-7,10,12,15-16,20H,2-3,5,8-9H2,1H3,(H,18,21)(H,19,22). The lowest BCUT2D eigenvalue weighted by Crippen LogP contribution is -2.39. The van der Waals surface area contributed by atoms with Gasteiger partial charge in [0, 0.05) is 24.3 Å². The average Bonchev–Trinajstić information content (AvgIpc) is 2.91. The van der Waals surface area contributed by atoms with Crippen molar-refractivity contribution in [1.82, 2.24) is 5.32 Å². The van der Waals surface area contributed by atoms with Gasteiger partial charge in [0.2, 0.25) is 11.8 Å². The fourth-order valence-electron chi connectivity index (χ4n) is 3.63. The van der Waals surface area contributed by atoms with E-state index in [0.29, 0.717) is 23.3 Å². The number of carbonyl (C=O) groups is 2. The third-order valence-electron chi connectivity index (χ3n) is 4.63. The number of anilines is 2. The van der Waals surface area contributed by atoms with Crippen molar-refractivity contribution < 1.29 is 9.59 Å². The summed E-state index contributed by atoms with van der Waals surface area (Å²) in [5.41, 5.74) is 1.41. The summed E-state index contributed by atoms with van der Waals surface area (Å²) in [6.45, 7) is 1.47. The second-order valence-electron chi connectivity index (χ2n) is 6.36. The van der Waals surface area contributed by atoms with Crippen LogP contribution in [0.1, 0.15) is 39.0 Å². The largest absolute Gasteiger partial charge is 0.326 e. The molecule has 2 aliphatic rings. The first-order valence-electron chi connectivity index (χ1n) is 8.06. The highest BCUT2D eigenvalue weighted by Gasteiger charge is 2.38. The Hall–Kier alpha value is -1.88. The third-order valence-corrected chi connectivity index (χ3v) is 4.63. The maximum absolute atomic E-state index is 12.4. The Labute approximate surface area is 130 Å². The van der Waals surface area contributed by atoms with Gasteiger partial charge in [-0.3, -0.25) is 9.59 Å². The van der Waals surface area contributed by atoms with Gasteiger partial charge in [0.1, 0.15) is 0 Å². The second kappa shape index (κ2) is 6.48. The van der Waals surface area contributed by atoms with E-state index in [1.165, 1.54) is 32.6 Å². The average molecular weight is 301 g/mol. The molecule has 3 atom stereocenters. The number of benzene rings is 1. The van der Waals surface area contributed by atoms with E-state index < -0.39 is 0 Å². The van der Waals surface area contributed by atoms with E-state index in [9.17, 15) is 9.59 Å².